The Labute approximate surface area is 151 Å². The Balaban J connectivity index is 1.92. The molecule has 0 heterocycles. The maximum absolute atomic E-state index is 9.57. The largest absolute Gasteiger partial charge is 0.504 e. The van der Waals surface area contributed by atoms with Crippen LogP contribution in [0.1, 0.15) is 5.56 Å². The molecule has 0 amide bonds. The van der Waals surface area contributed by atoms with E-state index in [0.29, 0.717) is 5.56 Å². The average Bonchev–Trinajstić information content (AvgIpc) is 2.66. The summed E-state index contributed by atoms with van der Waals surface area (Å²) < 4.78 is 0. The van der Waals surface area contributed by atoms with Crippen LogP contribution in [-0.2, 0) is 11.8 Å². The molecule has 0 saturated heterocycles. The van der Waals surface area contributed by atoms with E-state index in [9.17, 15) is 10.2 Å². The maximum Gasteiger partial charge on any atom is 0.158 e. The number of nitrogens with one attached hydrogen (secondary N) is 1. The van der Waals surface area contributed by atoms with Crippen molar-refractivity contribution in [1.82, 2.24) is 5.20 Å². The molecule has 0 fully saturated rings. The Morgan fingerprint density at radius 3 is 1.88 bits per heavy atom. The number of hydrogen-bond acceptors (Lipinski definition) is 4. The van der Waals surface area contributed by atoms with E-state index in [1.54, 1.807) is 12.3 Å². The fourth-order valence-electron chi connectivity index (χ4n) is 2.35. The molecule has 0 unspecified atom stereocenters. The van der Waals surface area contributed by atoms with Crippen LogP contribution >= 0.6 is 6.19 Å². The van der Waals surface area contributed by atoms with Gasteiger partial charge < -0.3 is 10.2 Å². The maximum atomic E-state index is 9.57. The van der Waals surface area contributed by atoms with Gasteiger partial charge in [0.25, 0.3) is 0 Å². The number of nitrogens with zero attached hydrogens (tertiary/aromatic N) is 1. The number of hydrogen-bond donors (Lipinski definition) is 3. The molecule has 0 aromatic heterocycles. The normalized spacial score (nSPS) is 11.5. The predicted molar refractivity (Wildman–Crippen MR) is 107 cm³/mol. The van der Waals surface area contributed by atoms with Gasteiger partial charge in [-0.1, -0.05) is 72.5 Å². The number of aromatic hydroxyl groups is 2. The van der Waals surface area contributed by atoms with Crippen molar-refractivity contribution in [1.29, 1.82) is 0 Å². The SMILES string of the molecule is Oc1ccc(C=NNP(=S)(c2ccccc2)c2ccccc2)cc1O. The minimum atomic E-state index is -2.31. The molecule has 3 aromatic carbocycles. The lowest BCUT2D eigenvalue weighted by atomic mass is 10.2. The van der Waals surface area contributed by atoms with Crippen molar-refractivity contribution in [3.05, 3.63) is 84.4 Å². The summed E-state index contributed by atoms with van der Waals surface area (Å²) in [6, 6.07) is 24.3. The van der Waals surface area contributed by atoms with Crippen molar-refractivity contribution < 1.29 is 10.2 Å². The first-order valence-electron chi connectivity index (χ1n) is 7.63. The molecule has 0 aliphatic heterocycles. The quantitative estimate of drug-likeness (QED) is 0.280. The first-order valence-corrected chi connectivity index (χ1v) is 10.4. The summed E-state index contributed by atoms with van der Waals surface area (Å²) in [5, 5.41) is 28.5. The van der Waals surface area contributed by atoms with Crippen LogP contribution in [0.5, 0.6) is 11.5 Å². The van der Waals surface area contributed by atoms with Gasteiger partial charge in [-0.3, -0.25) is 5.20 Å². The second kappa shape index (κ2) is 7.51. The summed E-state index contributed by atoms with van der Waals surface area (Å²) >= 11 is 5.99. The monoisotopic (exact) mass is 368 g/mol. The molecule has 0 radical (unpaired) electrons. The van der Waals surface area contributed by atoms with E-state index in [2.05, 4.69) is 10.3 Å². The fourth-order valence-corrected chi connectivity index (χ4v) is 5.15. The van der Waals surface area contributed by atoms with Crippen LogP contribution in [0.4, 0.5) is 0 Å². The Kier molecular flexibility index (Phi) is 5.17. The van der Waals surface area contributed by atoms with Crippen LogP contribution in [0, 0.1) is 0 Å². The van der Waals surface area contributed by atoms with Crippen LogP contribution in [-0.4, -0.2) is 16.4 Å². The number of hydrazone groups is 1. The van der Waals surface area contributed by atoms with Gasteiger partial charge in [-0.2, -0.15) is 5.10 Å². The summed E-state index contributed by atoms with van der Waals surface area (Å²) in [5.74, 6) is -0.349. The van der Waals surface area contributed by atoms with Gasteiger partial charge in [0.2, 0.25) is 0 Å². The van der Waals surface area contributed by atoms with Crippen LogP contribution in [0.3, 0.4) is 0 Å². The van der Waals surface area contributed by atoms with E-state index in [4.69, 9.17) is 11.8 Å². The molecular formula is C19H17N2O2PS. The number of phenols is 2. The lowest BCUT2D eigenvalue weighted by molar-refractivity contribution is 0.403. The topological polar surface area (TPSA) is 64.9 Å². The molecule has 3 aromatic rings. The summed E-state index contributed by atoms with van der Waals surface area (Å²) in [4.78, 5) is 0. The minimum absolute atomic E-state index is 0.163. The van der Waals surface area contributed by atoms with Gasteiger partial charge in [0.15, 0.2) is 11.5 Å². The zero-order valence-corrected chi connectivity index (χ0v) is 15.0. The lowest BCUT2D eigenvalue weighted by Crippen LogP contribution is -2.24. The van der Waals surface area contributed by atoms with E-state index in [1.165, 1.54) is 12.1 Å². The Hall–Kier alpha value is -2.62. The molecule has 0 aliphatic rings. The van der Waals surface area contributed by atoms with Crippen LogP contribution in [0.25, 0.3) is 0 Å². The number of phenolic OH excluding ortho intramolecular Hbond substituents is 2. The van der Waals surface area contributed by atoms with Crippen molar-refractivity contribution >= 4 is 34.8 Å². The first kappa shape index (κ1) is 17.2. The zero-order chi connectivity index (χ0) is 17.7. The van der Waals surface area contributed by atoms with E-state index >= 15 is 0 Å². The zero-order valence-electron chi connectivity index (χ0n) is 13.3. The van der Waals surface area contributed by atoms with Crippen molar-refractivity contribution in [2.75, 3.05) is 0 Å². The summed E-state index contributed by atoms with van der Waals surface area (Å²) in [6.45, 7) is 0. The van der Waals surface area contributed by atoms with Gasteiger partial charge in [0, 0.05) is 10.6 Å². The third kappa shape index (κ3) is 3.90. The number of benzene rings is 3. The highest BCUT2D eigenvalue weighted by atomic mass is 32.4. The first-order chi connectivity index (χ1) is 12.1. The van der Waals surface area contributed by atoms with Crippen LogP contribution in [0.15, 0.2) is 84.0 Å². The van der Waals surface area contributed by atoms with E-state index in [1.807, 2.05) is 60.7 Å². The Morgan fingerprint density at radius 2 is 1.36 bits per heavy atom. The Morgan fingerprint density at radius 1 is 0.800 bits per heavy atom. The molecule has 0 spiro atoms. The Bertz CT molecular complexity index is 887. The molecular weight excluding hydrogens is 351 g/mol. The summed E-state index contributed by atoms with van der Waals surface area (Å²) in [7, 11) is 0. The second-order valence-electron chi connectivity index (χ2n) is 5.39. The third-order valence-corrected chi connectivity index (χ3v) is 7.61. The third-order valence-electron chi connectivity index (χ3n) is 3.65. The van der Waals surface area contributed by atoms with Gasteiger partial charge in [-0.15, -0.1) is 0 Å². The van der Waals surface area contributed by atoms with E-state index in [0.717, 1.165) is 10.6 Å². The van der Waals surface area contributed by atoms with Gasteiger partial charge >= 0.3 is 0 Å². The lowest BCUT2D eigenvalue weighted by Gasteiger charge is -2.22. The summed E-state index contributed by atoms with van der Waals surface area (Å²) in [6.07, 6.45) is -0.733. The van der Waals surface area contributed by atoms with Crippen molar-refractivity contribution in [2.45, 2.75) is 0 Å². The highest BCUT2D eigenvalue weighted by Gasteiger charge is 2.21. The highest BCUT2D eigenvalue weighted by molar-refractivity contribution is 8.20. The standard InChI is InChI=1S/C19H17N2O2PS/c22-18-12-11-15(13-19(18)23)14-20-21-24(25,16-7-3-1-4-8-16)17-9-5-2-6-10-17/h1-14,22-23H,(H,21,25). The van der Waals surface area contributed by atoms with E-state index in [-0.39, 0.29) is 11.5 Å². The molecule has 0 aliphatic carbocycles. The molecule has 6 heteroatoms. The van der Waals surface area contributed by atoms with Crippen molar-refractivity contribution in [3.8, 4) is 11.5 Å². The molecule has 0 saturated carbocycles. The molecule has 25 heavy (non-hydrogen) atoms. The van der Waals surface area contributed by atoms with Gasteiger partial charge in [-0.25, -0.2) is 0 Å². The fraction of sp³-hybridized carbons (Fsp3) is 0. The minimum Gasteiger partial charge on any atom is -0.504 e. The molecule has 126 valence electrons. The van der Waals surface area contributed by atoms with Crippen LogP contribution in [0.2, 0.25) is 0 Å². The molecule has 0 atom stereocenters. The highest BCUT2D eigenvalue weighted by Crippen LogP contribution is 2.38. The second-order valence-corrected chi connectivity index (χ2v) is 9.48. The van der Waals surface area contributed by atoms with Gasteiger partial charge in [-0.05, 0) is 23.8 Å². The molecule has 3 rings (SSSR count). The predicted octanol–water partition coefficient (Wildman–Crippen LogP) is 3.07. The molecule has 4 nitrogen and oxygen atoms in total. The van der Waals surface area contributed by atoms with Gasteiger partial charge in [0.1, 0.15) is 6.19 Å². The average molecular weight is 368 g/mol. The van der Waals surface area contributed by atoms with Gasteiger partial charge in [0.05, 0.1) is 6.21 Å². The van der Waals surface area contributed by atoms with Crippen molar-refractivity contribution in [2.24, 2.45) is 5.10 Å². The smallest absolute Gasteiger partial charge is 0.158 e. The van der Waals surface area contributed by atoms with Crippen molar-refractivity contribution in [3.63, 3.8) is 0 Å². The molecule has 0 bridgehead atoms. The summed E-state index contributed by atoms with van der Waals surface area (Å²) in [5.41, 5.74) is 0.658. The number of rotatable bonds is 5. The van der Waals surface area contributed by atoms with Crippen LogP contribution < -0.4 is 15.8 Å². The van der Waals surface area contributed by atoms with E-state index < -0.39 is 6.19 Å². The molecule has 3 N–H and O–H groups in total.